The Labute approximate surface area is 215 Å². The summed E-state index contributed by atoms with van der Waals surface area (Å²) < 4.78 is 18.3. The van der Waals surface area contributed by atoms with Gasteiger partial charge in [-0.2, -0.15) is 11.8 Å². The minimum absolute atomic E-state index is 0.147. The first-order valence-corrected chi connectivity index (χ1v) is 13.7. The third kappa shape index (κ3) is 7.57. The molecule has 0 saturated carbocycles. The van der Waals surface area contributed by atoms with Crippen LogP contribution in [0.4, 0.5) is 0 Å². The summed E-state index contributed by atoms with van der Waals surface area (Å²) in [5.74, 6) is 4.53. The van der Waals surface area contributed by atoms with Gasteiger partial charge in [-0.25, -0.2) is 0 Å². The molecular formula is C25H32N4O4S2. The summed E-state index contributed by atoms with van der Waals surface area (Å²) in [5.41, 5.74) is 0.577. The Morgan fingerprint density at radius 1 is 0.971 bits per heavy atom. The lowest BCUT2D eigenvalue weighted by Gasteiger charge is -2.19. The molecule has 0 unspecified atom stereocenters. The normalized spacial score (nSPS) is 11.7. The van der Waals surface area contributed by atoms with E-state index >= 15 is 0 Å². The molecule has 0 radical (unpaired) electrons. The topological polar surface area (TPSA) is 87.5 Å². The van der Waals surface area contributed by atoms with Gasteiger partial charge in [-0.05, 0) is 73.9 Å². The highest BCUT2D eigenvalue weighted by atomic mass is 32.2. The Hall–Kier alpha value is -2.85. The van der Waals surface area contributed by atoms with E-state index in [9.17, 15) is 4.79 Å². The lowest BCUT2D eigenvalue weighted by molar-refractivity contribution is 0.0933. The van der Waals surface area contributed by atoms with Gasteiger partial charge in [0.1, 0.15) is 17.2 Å². The quantitative estimate of drug-likeness (QED) is 0.243. The number of nitrogens with one attached hydrogen (secondary N) is 1. The predicted molar refractivity (Wildman–Crippen MR) is 141 cm³/mol. The number of benzene rings is 2. The average Bonchev–Trinajstić information content (AvgIpc) is 3.32. The summed E-state index contributed by atoms with van der Waals surface area (Å²) in [6.45, 7) is 3.30. The zero-order valence-electron chi connectivity index (χ0n) is 20.5. The zero-order chi connectivity index (χ0) is 25.0. The van der Waals surface area contributed by atoms with Crippen LogP contribution in [0, 0.1) is 0 Å². The molecule has 1 heterocycles. The van der Waals surface area contributed by atoms with E-state index in [0.717, 1.165) is 40.4 Å². The molecule has 0 bridgehead atoms. The van der Waals surface area contributed by atoms with E-state index in [1.165, 1.54) is 0 Å². The number of aromatic nitrogens is 3. The Kier molecular flexibility index (Phi) is 10.6. The van der Waals surface area contributed by atoms with E-state index in [0.29, 0.717) is 24.5 Å². The molecule has 0 aliphatic heterocycles. The summed E-state index contributed by atoms with van der Waals surface area (Å²) in [7, 11) is 3.24. The SMILES string of the molecule is CCn1c(SCCOc2ccc(OC)cc2)nnc1[C@@H](CCSC)NC(=O)c1ccc(OC)cc1. The monoisotopic (exact) mass is 516 g/mol. The number of nitrogens with zero attached hydrogens (tertiary/aromatic N) is 3. The molecule has 3 aromatic rings. The van der Waals surface area contributed by atoms with Gasteiger partial charge in [0.05, 0.1) is 26.9 Å². The van der Waals surface area contributed by atoms with Crippen molar-refractivity contribution in [1.29, 1.82) is 0 Å². The Morgan fingerprint density at radius 3 is 2.20 bits per heavy atom. The van der Waals surface area contributed by atoms with E-state index < -0.39 is 0 Å². The molecule has 0 fully saturated rings. The Morgan fingerprint density at radius 2 is 1.60 bits per heavy atom. The van der Waals surface area contributed by atoms with Crippen molar-refractivity contribution in [3.8, 4) is 17.2 Å². The maximum Gasteiger partial charge on any atom is 0.251 e. The molecule has 188 valence electrons. The predicted octanol–water partition coefficient (Wildman–Crippen LogP) is 4.71. The summed E-state index contributed by atoms with van der Waals surface area (Å²) in [6, 6.07) is 14.4. The lowest BCUT2D eigenvalue weighted by Crippen LogP contribution is -2.31. The van der Waals surface area contributed by atoms with Crippen molar-refractivity contribution in [3.05, 3.63) is 59.9 Å². The second-order valence-electron chi connectivity index (χ2n) is 7.49. The van der Waals surface area contributed by atoms with E-state index in [2.05, 4.69) is 33.3 Å². The number of methoxy groups -OCH3 is 2. The molecule has 10 heteroatoms. The van der Waals surface area contributed by atoms with Crippen molar-refractivity contribution in [2.24, 2.45) is 0 Å². The number of hydrogen-bond acceptors (Lipinski definition) is 8. The fourth-order valence-electron chi connectivity index (χ4n) is 3.41. The zero-order valence-corrected chi connectivity index (χ0v) is 22.2. The van der Waals surface area contributed by atoms with Gasteiger partial charge in [0.2, 0.25) is 0 Å². The van der Waals surface area contributed by atoms with Crippen molar-refractivity contribution in [2.45, 2.75) is 31.1 Å². The van der Waals surface area contributed by atoms with Gasteiger partial charge < -0.3 is 24.1 Å². The van der Waals surface area contributed by atoms with Gasteiger partial charge in [0, 0.05) is 17.9 Å². The van der Waals surface area contributed by atoms with Gasteiger partial charge >= 0.3 is 0 Å². The van der Waals surface area contributed by atoms with Crippen LogP contribution in [0.15, 0.2) is 53.7 Å². The van der Waals surface area contributed by atoms with Crippen LogP contribution in [-0.4, -0.2) is 59.3 Å². The maximum absolute atomic E-state index is 12.9. The van der Waals surface area contributed by atoms with Crippen LogP contribution in [0.1, 0.15) is 35.6 Å². The highest BCUT2D eigenvalue weighted by Crippen LogP contribution is 2.24. The molecule has 1 aromatic heterocycles. The lowest BCUT2D eigenvalue weighted by atomic mass is 10.1. The Balaban J connectivity index is 1.64. The molecule has 8 nitrogen and oxygen atoms in total. The third-order valence-electron chi connectivity index (χ3n) is 5.28. The van der Waals surface area contributed by atoms with Crippen LogP contribution in [0.25, 0.3) is 0 Å². The molecule has 1 atom stereocenters. The average molecular weight is 517 g/mol. The van der Waals surface area contributed by atoms with Crippen molar-refractivity contribution in [3.63, 3.8) is 0 Å². The number of ether oxygens (including phenoxy) is 3. The van der Waals surface area contributed by atoms with Gasteiger partial charge in [-0.1, -0.05) is 11.8 Å². The minimum atomic E-state index is -0.241. The van der Waals surface area contributed by atoms with E-state index in [1.54, 1.807) is 62.0 Å². The highest BCUT2D eigenvalue weighted by Gasteiger charge is 2.23. The molecule has 0 saturated heterocycles. The Bertz CT molecular complexity index is 1060. The molecule has 1 amide bonds. The largest absolute Gasteiger partial charge is 0.497 e. The molecule has 3 rings (SSSR count). The summed E-state index contributed by atoms with van der Waals surface area (Å²) >= 11 is 3.32. The molecule has 0 aliphatic rings. The molecular weight excluding hydrogens is 484 g/mol. The van der Waals surface area contributed by atoms with Crippen LogP contribution < -0.4 is 19.5 Å². The third-order valence-corrected chi connectivity index (χ3v) is 6.86. The number of hydrogen-bond donors (Lipinski definition) is 1. The maximum atomic E-state index is 12.9. The molecule has 0 aliphatic carbocycles. The molecule has 1 N–H and O–H groups in total. The molecule has 35 heavy (non-hydrogen) atoms. The number of carbonyl (C=O) groups excluding carboxylic acids is 1. The number of thioether (sulfide) groups is 2. The first-order chi connectivity index (χ1) is 17.1. The van der Waals surface area contributed by atoms with Crippen LogP contribution in [0.3, 0.4) is 0 Å². The second-order valence-corrected chi connectivity index (χ2v) is 9.54. The van der Waals surface area contributed by atoms with E-state index in [1.807, 2.05) is 24.3 Å². The number of carbonyl (C=O) groups is 1. The van der Waals surface area contributed by atoms with E-state index in [4.69, 9.17) is 14.2 Å². The standard InChI is InChI=1S/C25H32N4O4S2/c1-5-29-23(22(14-16-34-4)26-24(30)18-6-8-19(31-2)9-7-18)27-28-25(29)35-17-15-33-21-12-10-20(32-3)11-13-21/h6-13,22H,5,14-17H2,1-4H3,(H,26,30)/t22-/m1/s1. The van der Waals surface area contributed by atoms with Gasteiger partial charge in [0.25, 0.3) is 5.91 Å². The van der Waals surface area contributed by atoms with Gasteiger partial charge in [-0.3, -0.25) is 4.79 Å². The highest BCUT2D eigenvalue weighted by molar-refractivity contribution is 7.99. The molecule has 0 spiro atoms. The van der Waals surface area contributed by atoms with Crippen LogP contribution in [0.2, 0.25) is 0 Å². The first-order valence-electron chi connectivity index (χ1n) is 11.4. The van der Waals surface area contributed by atoms with Crippen molar-refractivity contribution in [2.75, 3.05) is 38.6 Å². The van der Waals surface area contributed by atoms with Gasteiger partial charge in [0.15, 0.2) is 11.0 Å². The molecule has 2 aromatic carbocycles. The second kappa shape index (κ2) is 13.9. The van der Waals surface area contributed by atoms with E-state index in [-0.39, 0.29) is 11.9 Å². The fourth-order valence-corrected chi connectivity index (χ4v) is 4.71. The summed E-state index contributed by atoms with van der Waals surface area (Å²) in [4.78, 5) is 12.9. The van der Waals surface area contributed by atoms with Crippen molar-refractivity contribution in [1.82, 2.24) is 20.1 Å². The number of rotatable bonds is 14. The van der Waals surface area contributed by atoms with Crippen molar-refractivity contribution < 1.29 is 19.0 Å². The first kappa shape index (κ1) is 26.7. The van der Waals surface area contributed by atoms with Gasteiger partial charge in [-0.15, -0.1) is 10.2 Å². The van der Waals surface area contributed by atoms with Crippen LogP contribution in [0.5, 0.6) is 17.2 Å². The smallest absolute Gasteiger partial charge is 0.251 e. The summed E-state index contributed by atoms with van der Waals surface area (Å²) in [5, 5.41) is 12.8. The van der Waals surface area contributed by atoms with Crippen molar-refractivity contribution >= 4 is 29.4 Å². The van der Waals surface area contributed by atoms with Crippen LogP contribution >= 0.6 is 23.5 Å². The minimum Gasteiger partial charge on any atom is -0.497 e. The summed E-state index contributed by atoms with van der Waals surface area (Å²) in [6.07, 6.45) is 2.81. The van der Waals surface area contributed by atoms with Crippen LogP contribution in [-0.2, 0) is 6.54 Å². The number of amides is 1. The fraction of sp³-hybridized carbons (Fsp3) is 0.400.